The van der Waals surface area contributed by atoms with Gasteiger partial charge in [0.2, 0.25) is 5.91 Å². The number of hydrogen-bond donors (Lipinski definition) is 0. The molecule has 0 bridgehead atoms. The monoisotopic (exact) mass is 447 g/mol. The SMILES string of the molecule is CC(=O)N(c1ccccc1)[C@H]1C[C@@H](C)N(C(=O)c2ccc(F)cc2)c2ccc([N+](=O)[O-])cc21. The Labute approximate surface area is 190 Å². The Bertz CT molecular complexity index is 1210. The first-order chi connectivity index (χ1) is 15.8. The molecule has 0 spiro atoms. The molecule has 2 amide bonds. The molecule has 2 atom stereocenters. The summed E-state index contributed by atoms with van der Waals surface area (Å²) in [5.41, 5.74) is 1.84. The highest BCUT2D eigenvalue weighted by Crippen LogP contribution is 2.44. The third-order valence-electron chi connectivity index (χ3n) is 5.84. The third kappa shape index (κ3) is 4.19. The van der Waals surface area contributed by atoms with Gasteiger partial charge in [-0.05, 0) is 55.8 Å². The first kappa shape index (κ1) is 22.1. The van der Waals surface area contributed by atoms with Gasteiger partial charge in [0.1, 0.15) is 5.82 Å². The van der Waals surface area contributed by atoms with Crippen molar-refractivity contribution < 1.29 is 18.9 Å². The van der Waals surface area contributed by atoms with Crippen LogP contribution in [0.1, 0.15) is 42.2 Å². The normalized spacial score (nSPS) is 17.2. The van der Waals surface area contributed by atoms with Gasteiger partial charge in [0.15, 0.2) is 0 Å². The molecule has 0 N–H and O–H groups in total. The molecule has 1 aliphatic rings. The van der Waals surface area contributed by atoms with Crippen LogP contribution >= 0.6 is 0 Å². The van der Waals surface area contributed by atoms with Crippen molar-refractivity contribution in [3.8, 4) is 0 Å². The molecule has 8 heteroatoms. The van der Waals surface area contributed by atoms with E-state index in [0.717, 1.165) is 0 Å². The molecule has 0 saturated heterocycles. The van der Waals surface area contributed by atoms with E-state index in [2.05, 4.69) is 0 Å². The fraction of sp³-hybridized carbons (Fsp3) is 0.200. The second kappa shape index (κ2) is 8.82. The first-order valence-electron chi connectivity index (χ1n) is 10.5. The van der Waals surface area contributed by atoms with Gasteiger partial charge in [-0.25, -0.2) is 4.39 Å². The molecule has 3 aromatic rings. The molecule has 0 radical (unpaired) electrons. The fourth-order valence-corrected chi connectivity index (χ4v) is 4.39. The highest BCUT2D eigenvalue weighted by molar-refractivity contribution is 6.07. The molecule has 7 nitrogen and oxygen atoms in total. The molecule has 33 heavy (non-hydrogen) atoms. The molecule has 4 rings (SSSR count). The van der Waals surface area contributed by atoms with Gasteiger partial charge >= 0.3 is 0 Å². The van der Waals surface area contributed by atoms with Crippen molar-refractivity contribution in [2.24, 2.45) is 0 Å². The maximum atomic E-state index is 13.4. The van der Waals surface area contributed by atoms with Crippen LogP contribution in [0.2, 0.25) is 0 Å². The number of nitrogens with zero attached hydrogens (tertiary/aromatic N) is 3. The summed E-state index contributed by atoms with van der Waals surface area (Å²) in [5.74, 6) is -1.01. The highest BCUT2D eigenvalue weighted by atomic mass is 19.1. The van der Waals surface area contributed by atoms with E-state index in [9.17, 15) is 24.1 Å². The number of hydrogen-bond acceptors (Lipinski definition) is 4. The van der Waals surface area contributed by atoms with Crippen LogP contribution < -0.4 is 9.80 Å². The van der Waals surface area contributed by atoms with Crippen molar-refractivity contribution in [3.05, 3.63) is 99.9 Å². The summed E-state index contributed by atoms with van der Waals surface area (Å²) in [6, 6.07) is 17.8. The van der Waals surface area contributed by atoms with Gasteiger partial charge in [-0.1, -0.05) is 18.2 Å². The summed E-state index contributed by atoms with van der Waals surface area (Å²) in [5, 5.41) is 11.5. The molecule has 0 aromatic heterocycles. The van der Waals surface area contributed by atoms with E-state index in [1.54, 1.807) is 28.0 Å². The standard InChI is InChI=1S/C25H22FN3O4/c1-16-14-24(28(17(2)30)20-6-4-3-5-7-20)22-15-21(29(32)33)12-13-23(22)27(16)25(31)18-8-10-19(26)11-9-18/h3-13,15-16,24H,14H2,1-2H3/t16-,24+/m1/s1. The Morgan fingerprint density at radius 2 is 1.73 bits per heavy atom. The Morgan fingerprint density at radius 1 is 1.06 bits per heavy atom. The van der Waals surface area contributed by atoms with Crippen LogP contribution in [0.25, 0.3) is 0 Å². The van der Waals surface area contributed by atoms with Gasteiger partial charge in [-0.3, -0.25) is 19.7 Å². The molecule has 1 aliphatic heterocycles. The van der Waals surface area contributed by atoms with E-state index in [-0.39, 0.29) is 23.5 Å². The van der Waals surface area contributed by atoms with Crippen LogP contribution in [0.15, 0.2) is 72.8 Å². The number of amides is 2. The zero-order valence-corrected chi connectivity index (χ0v) is 18.1. The van der Waals surface area contributed by atoms with E-state index in [1.807, 2.05) is 25.1 Å². The number of carbonyl (C=O) groups excluding carboxylic acids is 2. The number of nitro groups is 1. The summed E-state index contributed by atoms with van der Waals surface area (Å²) in [7, 11) is 0. The number of anilines is 2. The molecule has 0 fully saturated rings. The van der Waals surface area contributed by atoms with Gasteiger partial charge in [-0.2, -0.15) is 0 Å². The predicted molar refractivity (Wildman–Crippen MR) is 123 cm³/mol. The molecule has 168 valence electrons. The summed E-state index contributed by atoms with van der Waals surface area (Å²) >= 11 is 0. The second-order valence-corrected chi connectivity index (χ2v) is 8.01. The quantitative estimate of drug-likeness (QED) is 0.403. The minimum absolute atomic E-state index is 0.126. The summed E-state index contributed by atoms with van der Waals surface area (Å²) in [6.07, 6.45) is 0.371. The van der Waals surface area contributed by atoms with Gasteiger partial charge in [0.05, 0.1) is 16.7 Å². The van der Waals surface area contributed by atoms with E-state index in [0.29, 0.717) is 28.9 Å². The van der Waals surface area contributed by atoms with Crippen LogP contribution in [0.5, 0.6) is 0 Å². The smallest absolute Gasteiger partial charge is 0.269 e. The van der Waals surface area contributed by atoms with Crippen molar-refractivity contribution >= 4 is 28.9 Å². The lowest BCUT2D eigenvalue weighted by Crippen LogP contribution is -2.47. The maximum Gasteiger partial charge on any atom is 0.269 e. The van der Waals surface area contributed by atoms with Crippen LogP contribution in [-0.2, 0) is 4.79 Å². The van der Waals surface area contributed by atoms with Crippen molar-refractivity contribution in [1.29, 1.82) is 0 Å². The number of fused-ring (bicyclic) bond motifs is 1. The minimum Gasteiger partial charge on any atom is -0.305 e. The lowest BCUT2D eigenvalue weighted by molar-refractivity contribution is -0.384. The number of benzene rings is 3. The van der Waals surface area contributed by atoms with E-state index in [4.69, 9.17) is 0 Å². The van der Waals surface area contributed by atoms with E-state index in [1.165, 1.54) is 43.3 Å². The molecule has 3 aromatic carbocycles. The van der Waals surface area contributed by atoms with Gasteiger partial charge in [-0.15, -0.1) is 0 Å². The lowest BCUT2D eigenvalue weighted by atomic mass is 9.89. The molecule has 0 unspecified atom stereocenters. The number of halogens is 1. The minimum atomic E-state index is -0.507. The number of rotatable bonds is 4. The summed E-state index contributed by atoms with van der Waals surface area (Å²) < 4.78 is 13.4. The second-order valence-electron chi connectivity index (χ2n) is 8.01. The topological polar surface area (TPSA) is 83.8 Å². The highest BCUT2D eigenvalue weighted by Gasteiger charge is 2.39. The zero-order valence-electron chi connectivity index (χ0n) is 18.1. The van der Waals surface area contributed by atoms with Crippen LogP contribution in [-0.4, -0.2) is 22.8 Å². The average Bonchev–Trinajstić information content (AvgIpc) is 2.79. The lowest BCUT2D eigenvalue weighted by Gasteiger charge is -2.43. The van der Waals surface area contributed by atoms with Crippen LogP contribution in [0.3, 0.4) is 0 Å². The zero-order chi connectivity index (χ0) is 23.7. The molecule has 1 heterocycles. The van der Waals surface area contributed by atoms with Gasteiger partial charge < -0.3 is 9.80 Å². The Hall–Kier alpha value is -4.07. The third-order valence-corrected chi connectivity index (χ3v) is 5.84. The van der Waals surface area contributed by atoms with Crippen LogP contribution in [0, 0.1) is 15.9 Å². The summed E-state index contributed by atoms with van der Waals surface area (Å²) in [6.45, 7) is 3.31. The maximum absolute atomic E-state index is 13.4. The summed E-state index contributed by atoms with van der Waals surface area (Å²) in [4.78, 5) is 40.3. The van der Waals surface area contributed by atoms with Gasteiger partial charge in [0.25, 0.3) is 11.6 Å². The predicted octanol–water partition coefficient (Wildman–Crippen LogP) is 5.27. The average molecular weight is 447 g/mol. The van der Waals surface area contributed by atoms with Gasteiger partial charge in [0, 0.05) is 41.9 Å². The van der Waals surface area contributed by atoms with Crippen LogP contribution in [0.4, 0.5) is 21.5 Å². The Balaban J connectivity index is 1.86. The number of nitro benzene ring substituents is 1. The van der Waals surface area contributed by atoms with Crippen molar-refractivity contribution in [2.45, 2.75) is 32.4 Å². The largest absolute Gasteiger partial charge is 0.305 e. The number of carbonyl (C=O) groups is 2. The first-order valence-corrected chi connectivity index (χ1v) is 10.5. The molecular formula is C25H22FN3O4. The Kier molecular flexibility index (Phi) is 5.91. The molecule has 0 saturated carbocycles. The van der Waals surface area contributed by atoms with Crippen molar-refractivity contribution in [1.82, 2.24) is 0 Å². The van der Waals surface area contributed by atoms with E-state index < -0.39 is 16.8 Å². The van der Waals surface area contributed by atoms with E-state index >= 15 is 0 Å². The molecular weight excluding hydrogens is 425 g/mol. The fourth-order valence-electron chi connectivity index (χ4n) is 4.39. The van der Waals surface area contributed by atoms with Crippen molar-refractivity contribution in [3.63, 3.8) is 0 Å². The number of para-hydroxylation sites is 1. The number of non-ortho nitro benzene ring substituents is 1. The Morgan fingerprint density at radius 3 is 2.33 bits per heavy atom. The van der Waals surface area contributed by atoms with Crippen molar-refractivity contribution in [2.75, 3.05) is 9.80 Å². The molecule has 0 aliphatic carbocycles.